The average molecular weight is 289 g/mol. The van der Waals surface area contributed by atoms with Crippen molar-refractivity contribution in [3.8, 4) is 0 Å². The minimum Gasteiger partial charge on any atom is -0.385 e. The molecular formula is C14H31N3O3. The van der Waals surface area contributed by atoms with Gasteiger partial charge in [0.25, 0.3) is 0 Å². The van der Waals surface area contributed by atoms with Crippen molar-refractivity contribution in [2.45, 2.75) is 19.3 Å². The molecule has 2 N–H and O–H groups in total. The van der Waals surface area contributed by atoms with E-state index in [1.165, 1.54) is 0 Å². The highest BCUT2D eigenvalue weighted by Gasteiger charge is 2.11. The molecule has 0 aliphatic rings. The highest BCUT2D eigenvalue weighted by atomic mass is 16.5. The monoisotopic (exact) mass is 289 g/mol. The summed E-state index contributed by atoms with van der Waals surface area (Å²) < 4.78 is 10.2. The maximum absolute atomic E-state index is 12.0. The topological polar surface area (TPSA) is 68.0 Å². The van der Waals surface area contributed by atoms with Gasteiger partial charge in [-0.15, -0.1) is 0 Å². The molecule has 0 aromatic carbocycles. The molecule has 0 atom stereocenters. The van der Waals surface area contributed by atoms with E-state index in [0.717, 1.165) is 45.6 Å². The summed E-state index contributed by atoms with van der Waals surface area (Å²) in [7, 11) is 5.23. The lowest BCUT2D eigenvalue weighted by molar-refractivity contribution is -0.130. The zero-order valence-corrected chi connectivity index (χ0v) is 13.3. The number of hydrogen-bond acceptors (Lipinski definition) is 5. The van der Waals surface area contributed by atoms with Crippen LogP contribution in [0.25, 0.3) is 0 Å². The zero-order chi connectivity index (χ0) is 15.2. The van der Waals surface area contributed by atoms with Crippen molar-refractivity contribution in [2.24, 2.45) is 5.73 Å². The van der Waals surface area contributed by atoms with Crippen LogP contribution in [0.2, 0.25) is 0 Å². The van der Waals surface area contributed by atoms with Gasteiger partial charge in [0, 0.05) is 60.5 Å². The van der Waals surface area contributed by atoms with Crippen molar-refractivity contribution < 1.29 is 14.3 Å². The van der Waals surface area contributed by atoms with Gasteiger partial charge < -0.3 is 25.0 Å². The van der Waals surface area contributed by atoms with Gasteiger partial charge in [-0.2, -0.15) is 0 Å². The molecule has 0 heterocycles. The lowest BCUT2D eigenvalue weighted by Crippen LogP contribution is -2.35. The van der Waals surface area contributed by atoms with Crippen LogP contribution in [-0.2, 0) is 14.3 Å². The number of carbonyl (C=O) groups is 1. The van der Waals surface area contributed by atoms with Gasteiger partial charge in [0.05, 0.1) is 6.61 Å². The van der Waals surface area contributed by atoms with Gasteiger partial charge in [0.2, 0.25) is 5.91 Å². The van der Waals surface area contributed by atoms with Crippen molar-refractivity contribution in [3.05, 3.63) is 0 Å². The molecule has 0 bridgehead atoms. The van der Waals surface area contributed by atoms with Crippen LogP contribution in [-0.4, -0.2) is 82.9 Å². The maximum atomic E-state index is 12.0. The van der Waals surface area contributed by atoms with Gasteiger partial charge >= 0.3 is 0 Å². The molecule has 0 aliphatic carbocycles. The van der Waals surface area contributed by atoms with E-state index in [-0.39, 0.29) is 5.91 Å². The Kier molecular flexibility index (Phi) is 12.8. The first-order valence-electron chi connectivity index (χ1n) is 7.30. The Bertz CT molecular complexity index is 240. The second-order valence-corrected chi connectivity index (χ2v) is 4.89. The molecule has 0 radical (unpaired) electrons. The standard InChI is InChI=1S/C14H31N3O3/c1-16(8-4-7-15)14(18)6-10-17(11-13-20-3)9-5-12-19-2/h4-13,15H2,1-3H3. The molecule has 0 saturated heterocycles. The van der Waals surface area contributed by atoms with E-state index in [9.17, 15) is 4.79 Å². The van der Waals surface area contributed by atoms with Gasteiger partial charge in [-0.3, -0.25) is 4.79 Å². The Morgan fingerprint density at radius 3 is 2.30 bits per heavy atom. The average Bonchev–Trinajstić information content (AvgIpc) is 2.46. The third kappa shape index (κ3) is 10.1. The van der Waals surface area contributed by atoms with Gasteiger partial charge in [0.15, 0.2) is 0 Å². The molecule has 20 heavy (non-hydrogen) atoms. The van der Waals surface area contributed by atoms with Crippen LogP contribution >= 0.6 is 0 Å². The predicted molar refractivity (Wildman–Crippen MR) is 80.7 cm³/mol. The Hall–Kier alpha value is -0.690. The van der Waals surface area contributed by atoms with Crippen LogP contribution in [0.3, 0.4) is 0 Å². The largest absolute Gasteiger partial charge is 0.385 e. The van der Waals surface area contributed by atoms with Gasteiger partial charge in [-0.05, 0) is 19.4 Å². The minimum atomic E-state index is 0.174. The second kappa shape index (κ2) is 13.3. The van der Waals surface area contributed by atoms with Gasteiger partial charge in [-0.25, -0.2) is 0 Å². The van der Waals surface area contributed by atoms with E-state index in [1.807, 2.05) is 7.05 Å². The van der Waals surface area contributed by atoms with Crippen molar-refractivity contribution in [3.63, 3.8) is 0 Å². The van der Waals surface area contributed by atoms with E-state index in [4.69, 9.17) is 15.2 Å². The Balaban J connectivity index is 3.98. The fraction of sp³-hybridized carbons (Fsp3) is 0.929. The van der Waals surface area contributed by atoms with E-state index in [2.05, 4.69) is 4.90 Å². The molecule has 0 fully saturated rings. The highest BCUT2D eigenvalue weighted by molar-refractivity contribution is 5.76. The van der Waals surface area contributed by atoms with Crippen LogP contribution in [0.15, 0.2) is 0 Å². The van der Waals surface area contributed by atoms with E-state index >= 15 is 0 Å². The van der Waals surface area contributed by atoms with Gasteiger partial charge in [-0.1, -0.05) is 0 Å². The van der Waals surface area contributed by atoms with Crippen molar-refractivity contribution in [1.29, 1.82) is 0 Å². The summed E-state index contributed by atoms with van der Waals surface area (Å²) in [5, 5.41) is 0. The van der Waals surface area contributed by atoms with Crippen LogP contribution in [0.4, 0.5) is 0 Å². The molecule has 0 rings (SSSR count). The predicted octanol–water partition coefficient (Wildman–Crippen LogP) is 0.169. The van der Waals surface area contributed by atoms with Crippen LogP contribution in [0.1, 0.15) is 19.3 Å². The number of amides is 1. The van der Waals surface area contributed by atoms with Crippen molar-refractivity contribution >= 4 is 5.91 Å². The first-order valence-corrected chi connectivity index (χ1v) is 7.30. The molecule has 6 heteroatoms. The van der Waals surface area contributed by atoms with Crippen molar-refractivity contribution in [2.75, 3.05) is 67.2 Å². The SMILES string of the molecule is COCCCN(CCOC)CCC(=O)N(C)CCCN. The van der Waals surface area contributed by atoms with E-state index < -0.39 is 0 Å². The smallest absolute Gasteiger partial charge is 0.223 e. The third-order valence-electron chi connectivity index (χ3n) is 3.20. The molecule has 0 aromatic heterocycles. The van der Waals surface area contributed by atoms with E-state index in [0.29, 0.717) is 19.6 Å². The molecule has 0 aliphatic heterocycles. The molecule has 0 unspecified atom stereocenters. The first-order chi connectivity index (χ1) is 9.65. The summed E-state index contributed by atoms with van der Waals surface area (Å²) in [6, 6.07) is 0. The maximum Gasteiger partial charge on any atom is 0.223 e. The number of ether oxygens (including phenoxy) is 2. The fourth-order valence-corrected chi connectivity index (χ4v) is 1.89. The zero-order valence-electron chi connectivity index (χ0n) is 13.3. The third-order valence-corrected chi connectivity index (χ3v) is 3.20. The fourth-order valence-electron chi connectivity index (χ4n) is 1.89. The normalized spacial score (nSPS) is 11.1. The second-order valence-electron chi connectivity index (χ2n) is 4.89. The first kappa shape index (κ1) is 19.3. The number of nitrogens with zero attached hydrogens (tertiary/aromatic N) is 2. The molecule has 6 nitrogen and oxygen atoms in total. The number of methoxy groups -OCH3 is 2. The molecule has 0 saturated carbocycles. The Morgan fingerprint density at radius 2 is 1.70 bits per heavy atom. The van der Waals surface area contributed by atoms with Crippen LogP contribution in [0.5, 0.6) is 0 Å². The van der Waals surface area contributed by atoms with Crippen LogP contribution in [0, 0.1) is 0 Å². The summed E-state index contributed by atoms with van der Waals surface area (Å²) >= 11 is 0. The molecule has 0 aromatic rings. The summed E-state index contributed by atoms with van der Waals surface area (Å²) in [5.74, 6) is 0.174. The minimum absolute atomic E-state index is 0.174. The van der Waals surface area contributed by atoms with Crippen LogP contribution < -0.4 is 5.73 Å². The lowest BCUT2D eigenvalue weighted by Gasteiger charge is -2.23. The number of hydrogen-bond donors (Lipinski definition) is 1. The summed E-state index contributed by atoms with van der Waals surface area (Å²) in [4.78, 5) is 16.0. The molecular weight excluding hydrogens is 258 g/mol. The quantitative estimate of drug-likeness (QED) is 0.490. The summed E-state index contributed by atoms with van der Waals surface area (Å²) in [6.07, 6.45) is 2.36. The molecule has 120 valence electrons. The Labute approximate surface area is 123 Å². The molecule has 1 amide bonds. The summed E-state index contributed by atoms with van der Waals surface area (Å²) in [5.41, 5.74) is 5.45. The number of nitrogens with two attached hydrogens (primary N) is 1. The summed E-state index contributed by atoms with van der Waals surface area (Å²) in [6.45, 7) is 5.32. The lowest BCUT2D eigenvalue weighted by atomic mass is 10.3. The van der Waals surface area contributed by atoms with Crippen molar-refractivity contribution in [1.82, 2.24) is 9.80 Å². The molecule has 0 spiro atoms. The number of carbonyl (C=O) groups excluding carboxylic acids is 1. The Morgan fingerprint density at radius 1 is 1.00 bits per heavy atom. The van der Waals surface area contributed by atoms with Gasteiger partial charge in [0.1, 0.15) is 0 Å². The number of rotatable bonds is 13. The highest BCUT2D eigenvalue weighted by Crippen LogP contribution is 1.99. The van der Waals surface area contributed by atoms with E-state index in [1.54, 1.807) is 19.1 Å².